The molecular weight excluding hydrogens is 86.1 g/mol. The van der Waals surface area contributed by atoms with Crippen LogP contribution in [0.4, 0.5) is 0 Å². The normalized spacial score (nSPS) is 11.7. The molecule has 0 amide bonds. The van der Waals surface area contributed by atoms with Crippen LogP contribution in [0.1, 0.15) is 13.8 Å². The molecule has 0 radical (unpaired) electrons. The van der Waals surface area contributed by atoms with E-state index in [4.69, 9.17) is 0 Å². The molecule has 0 aliphatic heterocycles. The lowest BCUT2D eigenvalue weighted by atomic mass is 10.4. The Morgan fingerprint density at radius 2 is 1.86 bits per heavy atom. The first kappa shape index (κ1) is 6.54. The van der Waals surface area contributed by atoms with Crippen LogP contribution in [0.3, 0.4) is 0 Å². The van der Waals surface area contributed by atoms with E-state index in [1.165, 1.54) is 5.70 Å². The molecule has 1 heteroatoms. The second kappa shape index (κ2) is 2.67. The van der Waals surface area contributed by atoms with Gasteiger partial charge in [-0.15, -0.1) is 0 Å². The highest BCUT2D eigenvalue weighted by molar-refractivity contribution is 4.91. The largest absolute Gasteiger partial charge is 0.381 e. The summed E-state index contributed by atoms with van der Waals surface area (Å²) in [5, 5.41) is 0. The van der Waals surface area contributed by atoms with E-state index in [0.717, 1.165) is 0 Å². The molecule has 0 N–H and O–H groups in total. The van der Waals surface area contributed by atoms with Gasteiger partial charge in [0.25, 0.3) is 0 Å². The first-order chi connectivity index (χ1) is 3.18. The van der Waals surface area contributed by atoms with Crippen LogP contribution in [0.25, 0.3) is 0 Å². The maximum Gasteiger partial charge on any atom is 0.00579 e. The third-order valence-corrected chi connectivity index (χ3v) is 1.12. The van der Waals surface area contributed by atoms with E-state index in [9.17, 15) is 0 Å². The highest BCUT2D eigenvalue weighted by Crippen LogP contribution is 1.92. The van der Waals surface area contributed by atoms with Gasteiger partial charge >= 0.3 is 0 Å². The molecule has 0 saturated carbocycles. The number of hydrogen-bond acceptors (Lipinski definition) is 1. The van der Waals surface area contributed by atoms with E-state index in [1.807, 2.05) is 21.0 Å². The lowest BCUT2D eigenvalue weighted by Crippen LogP contribution is -2.06. The van der Waals surface area contributed by atoms with Crippen LogP contribution in [0.5, 0.6) is 0 Å². The summed E-state index contributed by atoms with van der Waals surface area (Å²) < 4.78 is 0. The van der Waals surface area contributed by atoms with Gasteiger partial charge in [-0.05, 0) is 13.8 Å². The third-order valence-electron chi connectivity index (χ3n) is 1.12. The van der Waals surface area contributed by atoms with E-state index >= 15 is 0 Å². The predicted molar refractivity (Wildman–Crippen MR) is 33.1 cm³/mol. The summed E-state index contributed by atoms with van der Waals surface area (Å²) in [7, 11) is 4.07. The first-order valence-electron chi connectivity index (χ1n) is 2.48. The molecule has 0 bridgehead atoms. The number of rotatable bonds is 1. The Hall–Kier alpha value is -0.460. The molecule has 0 aliphatic carbocycles. The highest BCUT2D eigenvalue weighted by Gasteiger charge is 1.83. The quantitative estimate of drug-likeness (QED) is 0.481. The molecule has 0 saturated heterocycles. The minimum absolute atomic E-state index is 1.31. The van der Waals surface area contributed by atoms with Gasteiger partial charge in [0.15, 0.2) is 0 Å². The summed E-state index contributed by atoms with van der Waals surface area (Å²) in [6, 6.07) is 0. The van der Waals surface area contributed by atoms with Gasteiger partial charge in [-0.2, -0.15) is 0 Å². The second-order valence-corrected chi connectivity index (χ2v) is 1.82. The maximum atomic E-state index is 2.08. The zero-order valence-electron chi connectivity index (χ0n) is 5.52. The van der Waals surface area contributed by atoms with Gasteiger partial charge in [-0.1, -0.05) is 6.08 Å². The van der Waals surface area contributed by atoms with Crippen LogP contribution in [-0.2, 0) is 0 Å². The highest BCUT2D eigenvalue weighted by atomic mass is 15.1. The predicted octanol–water partition coefficient (Wildman–Crippen LogP) is 1.47. The number of hydrogen-bond donors (Lipinski definition) is 0. The average Bonchev–Trinajstić information content (AvgIpc) is 1.65. The Bertz CT molecular complexity index is 72.2. The molecule has 0 aromatic carbocycles. The lowest BCUT2D eigenvalue weighted by molar-refractivity contribution is 0.512. The van der Waals surface area contributed by atoms with Crippen molar-refractivity contribution in [3.63, 3.8) is 0 Å². The van der Waals surface area contributed by atoms with Gasteiger partial charge in [-0.3, -0.25) is 0 Å². The summed E-state index contributed by atoms with van der Waals surface area (Å²) in [5.74, 6) is 0. The standard InChI is InChI=1S/C6H13N/c1-5-6(2)7(3)4/h5H,1-4H3. The summed E-state index contributed by atoms with van der Waals surface area (Å²) in [4.78, 5) is 2.08. The molecule has 0 atom stereocenters. The Balaban J connectivity index is 3.56. The van der Waals surface area contributed by atoms with Crippen LogP contribution < -0.4 is 0 Å². The summed E-state index contributed by atoms with van der Waals surface area (Å²) in [5.41, 5.74) is 1.31. The van der Waals surface area contributed by atoms with Crippen molar-refractivity contribution in [2.75, 3.05) is 14.1 Å². The van der Waals surface area contributed by atoms with Crippen molar-refractivity contribution in [2.45, 2.75) is 13.8 Å². The number of nitrogens with zero attached hydrogens (tertiary/aromatic N) is 1. The SMILES string of the molecule is CC=C(C)N(C)C. The lowest BCUT2D eigenvalue weighted by Gasteiger charge is -2.10. The van der Waals surface area contributed by atoms with Gasteiger partial charge < -0.3 is 4.90 Å². The Kier molecular flexibility index (Phi) is 2.49. The summed E-state index contributed by atoms with van der Waals surface area (Å²) in [6.45, 7) is 4.12. The fourth-order valence-corrected chi connectivity index (χ4v) is 0.258. The molecule has 0 aliphatic rings. The van der Waals surface area contributed by atoms with Crippen LogP contribution in [0, 0.1) is 0 Å². The van der Waals surface area contributed by atoms with Crippen LogP contribution in [0.2, 0.25) is 0 Å². The van der Waals surface area contributed by atoms with Gasteiger partial charge in [0.05, 0.1) is 0 Å². The van der Waals surface area contributed by atoms with E-state index in [2.05, 4.69) is 17.9 Å². The van der Waals surface area contributed by atoms with Gasteiger partial charge in [0, 0.05) is 19.8 Å². The molecule has 0 spiro atoms. The number of allylic oxidation sites excluding steroid dienone is 2. The molecule has 0 fully saturated rings. The smallest absolute Gasteiger partial charge is 0.00579 e. The van der Waals surface area contributed by atoms with Crippen molar-refractivity contribution in [1.29, 1.82) is 0 Å². The van der Waals surface area contributed by atoms with Crippen LogP contribution in [0.15, 0.2) is 11.8 Å². The topological polar surface area (TPSA) is 3.24 Å². The summed E-state index contributed by atoms with van der Waals surface area (Å²) in [6.07, 6.45) is 2.08. The van der Waals surface area contributed by atoms with Gasteiger partial charge in [-0.25, -0.2) is 0 Å². The molecule has 42 valence electrons. The second-order valence-electron chi connectivity index (χ2n) is 1.82. The third kappa shape index (κ3) is 2.26. The summed E-state index contributed by atoms with van der Waals surface area (Å²) >= 11 is 0. The van der Waals surface area contributed by atoms with Crippen LogP contribution >= 0.6 is 0 Å². The fraction of sp³-hybridized carbons (Fsp3) is 0.667. The molecule has 7 heavy (non-hydrogen) atoms. The van der Waals surface area contributed by atoms with Crippen molar-refractivity contribution < 1.29 is 0 Å². The maximum absolute atomic E-state index is 2.08. The van der Waals surface area contributed by atoms with Gasteiger partial charge in [0.2, 0.25) is 0 Å². The van der Waals surface area contributed by atoms with Crippen molar-refractivity contribution in [2.24, 2.45) is 0 Å². The zero-order chi connectivity index (χ0) is 5.86. The monoisotopic (exact) mass is 99.1 g/mol. The van der Waals surface area contributed by atoms with E-state index in [0.29, 0.717) is 0 Å². The van der Waals surface area contributed by atoms with E-state index in [-0.39, 0.29) is 0 Å². The van der Waals surface area contributed by atoms with Crippen molar-refractivity contribution in [3.8, 4) is 0 Å². The average molecular weight is 99.2 g/mol. The first-order valence-corrected chi connectivity index (χ1v) is 2.48. The zero-order valence-corrected chi connectivity index (χ0v) is 5.52. The van der Waals surface area contributed by atoms with Crippen molar-refractivity contribution >= 4 is 0 Å². The molecule has 0 unspecified atom stereocenters. The molecule has 0 rings (SSSR count). The van der Waals surface area contributed by atoms with Crippen LogP contribution in [-0.4, -0.2) is 19.0 Å². The molecule has 0 aromatic rings. The Labute approximate surface area is 45.6 Å². The minimum Gasteiger partial charge on any atom is -0.381 e. The molecule has 0 aromatic heterocycles. The molecule has 1 nitrogen and oxygen atoms in total. The van der Waals surface area contributed by atoms with Crippen molar-refractivity contribution in [3.05, 3.63) is 11.8 Å². The molecule has 0 heterocycles. The Morgan fingerprint density at radius 1 is 1.43 bits per heavy atom. The van der Waals surface area contributed by atoms with Crippen molar-refractivity contribution in [1.82, 2.24) is 4.90 Å². The molecular formula is C6H13N. The van der Waals surface area contributed by atoms with E-state index in [1.54, 1.807) is 0 Å². The van der Waals surface area contributed by atoms with Gasteiger partial charge in [0.1, 0.15) is 0 Å². The minimum atomic E-state index is 1.31. The van der Waals surface area contributed by atoms with E-state index < -0.39 is 0 Å². The fourth-order valence-electron chi connectivity index (χ4n) is 0.258. The Morgan fingerprint density at radius 3 is 1.86 bits per heavy atom.